The predicted octanol–water partition coefficient (Wildman–Crippen LogP) is 2.99. The number of aromatic nitrogens is 3. The lowest BCUT2D eigenvalue weighted by Gasteiger charge is -2.16. The van der Waals surface area contributed by atoms with Crippen molar-refractivity contribution >= 4 is 34.7 Å². The second-order valence-corrected chi connectivity index (χ2v) is 6.61. The molecule has 0 aromatic carbocycles. The van der Waals surface area contributed by atoms with E-state index in [4.69, 9.17) is 11.6 Å². The number of aryl methyl sites for hydroxylation is 1. The molecule has 0 aliphatic carbocycles. The molecule has 1 fully saturated rings. The Bertz CT molecular complexity index is 778. The van der Waals surface area contributed by atoms with Crippen LogP contribution >= 0.6 is 22.9 Å². The summed E-state index contributed by atoms with van der Waals surface area (Å²) < 4.78 is 0. The molecule has 8 heteroatoms. The molecular formula is C15H14ClN5OS. The molecule has 1 aliphatic heterocycles. The molecule has 23 heavy (non-hydrogen) atoms. The molecule has 0 N–H and O–H groups in total. The Balaban J connectivity index is 1.94. The lowest BCUT2D eigenvalue weighted by atomic mass is 10.0. The maximum atomic E-state index is 12.7. The van der Waals surface area contributed by atoms with Gasteiger partial charge in [0.15, 0.2) is 5.92 Å². The van der Waals surface area contributed by atoms with Gasteiger partial charge in [0.1, 0.15) is 10.7 Å². The van der Waals surface area contributed by atoms with Crippen LogP contribution in [0.5, 0.6) is 0 Å². The van der Waals surface area contributed by atoms with Gasteiger partial charge >= 0.3 is 0 Å². The van der Waals surface area contributed by atoms with Gasteiger partial charge in [-0.25, -0.2) is 15.0 Å². The zero-order valence-corrected chi connectivity index (χ0v) is 14.1. The first-order valence-corrected chi connectivity index (χ1v) is 8.49. The van der Waals surface area contributed by atoms with Gasteiger partial charge in [-0.3, -0.25) is 4.79 Å². The third-order valence-electron chi connectivity index (χ3n) is 3.63. The smallest absolute Gasteiger partial charge is 0.226 e. The van der Waals surface area contributed by atoms with E-state index in [-0.39, 0.29) is 10.7 Å². The van der Waals surface area contributed by atoms with E-state index >= 15 is 0 Å². The normalized spacial score (nSPS) is 15.4. The van der Waals surface area contributed by atoms with Crippen molar-refractivity contribution in [2.45, 2.75) is 25.7 Å². The van der Waals surface area contributed by atoms with Crippen molar-refractivity contribution < 1.29 is 4.79 Å². The SMILES string of the molecule is Cc1csc(C(C#N)C(=O)c2nc(N3CCCC3)ncc2Cl)n1. The van der Waals surface area contributed by atoms with Crippen LogP contribution in [0.15, 0.2) is 11.6 Å². The molecule has 1 aliphatic rings. The summed E-state index contributed by atoms with van der Waals surface area (Å²) >= 11 is 7.39. The van der Waals surface area contributed by atoms with Crippen molar-refractivity contribution in [3.63, 3.8) is 0 Å². The zero-order valence-electron chi connectivity index (χ0n) is 12.5. The summed E-state index contributed by atoms with van der Waals surface area (Å²) in [5.74, 6) is -0.940. The number of halogens is 1. The van der Waals surface area contributed by atoms with Gasteiger partial charge in [0, 0.05) is 24.2 Å². The Morgan fingerprint density at radius 1 is 1.43 bits per heavy atom. The predicted molar refractivity (Wildman–Crippen MR) is 88.0 cm³/mol. The molecule has 2 aromatic heterocycles. The van der Waals surface area contributed by atoms with Crippen molar-refractivity contribution in [1.29, 1.82) is 5.26 Å². The van der Waals surface area contributed by atoms with Crippen LogP contribution in [-0.2, 0) is 0 Å². The highest BCUT2D eigenvalue weighted by Crippen LogP contribution is 2.27. The van der Waals surface area contributed by atoms with Crippen LogP contribution in [0.2, 0.25) is 5.02 Å². The first-order valence-electron chi connectivity index (χ1n) is 7.23. The maximum Gasteiger partial charge on any atom is 0.226 e. The van der Waals surface area contributed by atoms with Crippen molar-refractivity contribution in [2.75, 3.05) is 18.0 Å². The minimum atomic E-state index is -0.993. The number of hydrogen-bond acceptors (Lipinski definition) is 7. The highest BCUT2D eigenvalue weighted by atomic mass is 35.5. The van der Waals surface area contributed by atoms with E-state index in [9.17, 15) is 10.1 Å². The highest BCUT2D eigenvalue weighted by Gasteiger charge is 2.29. The van der Waals surface area contributed by atoms with E-state index in [2.05, 4.69) is 15.0 Å². The number of rotatable bonds is 4. The Morgan fingerprint density at radius 3 is 2.78 bits per heavy atom. The molecule has 0 bridgehead atoms. The van der Waals surface area contributed by atoms with Gasteiger partial charge in [0.05, 0.1) is 17.3 Å². The lowest BCUT2D eigenvalue weighted by Crippen LogP contribution is -2.22. The standard InChI is InChI=1S/C15H14ClN5OS/c1-9-8-23-14(19-9)10(6-17)13(22)12-11(16)7-18-15(20-12)21-4-2-3-5-21/h7-8,10H,2-5H2,1H3. The quantitative estimate of drug-likeness (QED) is 0.791. The molecule has 0 radical (unpaired) electrons. The summed E-state index contributed by atoms with van der Waals surface area (Å²) in [6.07, 6.45) is 3.58. The molecule has 3 heterocycles. The van der Waals surface area contributed by atoms with Crippen LogP contribution in [-0.4, -0.2) is 33.8 Å². The molecule has 0 saturated carbocycles. The van der Waals surface area contributed by atoms with Crippen molar-refractivity contribution in [3.05, 3.63) is 33.0 Å². The zero-order chi connectivity index (χ0) is 16.4. The first-order chi connectivity index (χ1) is 11.1. The van der Waals surface area contributed by atoms with Crippen LogP contribution < -0.4 is 4.90 Å². The fourth-order valence-corrected chi connectivity index (χ4v) is 3.49. The van der Waals surface area contributed by atoms with E-state index in [0.717, 1.165) is 31.6 Å². The summed E-state index contributed by atoms with van der Waals surface area (Å²) in [4.78, 5) is 27.5. The maximum absolute atomic E-state index is 12.7. The number of anilines is 1. The largest absolute Gasteiger partial charge is 0.341 e. The molecule has 118 valence electrons. The fraction of sp³-hybridized carbons (Fsp3) is 0.400. The van der Waals surface area contributed by atoms with E-state index in [1.165, 1.54) is 17.5 Å². The van der Waals surface area contributed by atoms with Crippen LogP contribution in [0.1, 0.15) is 39.9 Å². The average molecular weight is 348 g/mol. The Kier molecular flexibility index (Phi) is 4.55. The molecule has 0 amide bonds. The van der Waals surface area contributed by atoms with Crippen LogP contribution in [0.4, 0.5) is 5.95 Å². The first kappa shape index (κ1) is 15.8. The van der Waals surface area contributed by atoms with Gasteiger partial charge in [-0.2, -0.15) is 5.26 Å². The number of nitriles is 1. The lowest BCUT2D eigenvalue weighted by molar-refractivity contribution is 0.0974. The van der Waals surface area contributed by atoms with Crippen LogP contribution in [0, 0.1) is 18.3 Å². The molecule has 2 aromatic rings. The highest BCUT2D eigenvalue weighted by molar-refractivity contribution is 7.10. The van der Waals surface area contributed by atoms with E-state index in [0.29, 0.717) is 11.0 Å². The van der Waals surface area contributed by atoms with Crippen LogP contribution in [0.3, 0.4) is 0 Å². The number of hydrogen-bond donors (Lipinski definition) is 0. The molecule has 0 spiro atoms. The van der Waals surface area contributed by atoms with Crippen LogP contribution in [0.25, 0.3) is 0 Å². The average Bonchev–Trinajstić information content (AvgIpc) is 3.20. The second kappa shape index (κ2) is 6.60. The number of carbonyl (C=O) groups is 1. The van der Waals surface area contributed by atoms with Gasteiger partial charge in [-0.15, -0.1) is 11.3 Å². The number of nitrogens with zero attached hydrogens (tertiary/aromatic N) is 5. The Labute approximate surface area is 142 Å². The van der Waals surface area contributed by atoms with Crippen molar-refractivity contribution in [2.24, 2.45) is 0 Å². The van der Waals surface area contributed by atoms with Gasteiger partial charge in [0.2, 0.25) is 11.7 Å². The monoisotopic (exact) mass is 347 g/mol. The molecule has 1 atom stereocenters. The molecule has 1 saturated heterocycles. The summed E-state index contributed by atoms with van der Waals surface area (Å²) in [5, 5.41) is 11.8. The molecule has 6 nitrogen and oxygen atoms in total. The number of thiazole rings is 1. The number of Topliss-reactive ketones (excluding diaryl/α,β-unsaturated/α-hetero) is 1. The Hall–Kier alpha value is -2.04. The summed E-state index contributed by atoms with van der Waals surface area (Å²) in [5.41, 5.74) is 0.868. The second-order valence-electron chi connectivity index (χ2n) is 5.31. The summed E-state index contributed by atoms with van der Waals surface area (Å²) in [6.45, 7) is 3.55. The molecule has 3 rings (SSSR count). The van der Waals surface area contributed by atoms with Gasteiger partial charge < -0.3 is 4.90 Å². The van der Waals surface area contributed by atoms with E-state index in [1.807, 2.05) is 23.3 Å². The minimum Gasteiger partial charge on any atom is -0.341 e. The minimum absolute atomic E-state index is 0.0861. The molecule has 1 unspecified atom stereocenters. The van der Waals surface area contributed by atoms with Crippen molar-refractivity contribution in [3.8, 4) is 6.07 Å². The fourth-order valence-electron chi connectivity index (χ4n) is 2.47. The number of ketones is 1. The van der Waals surface area contributed by atoms with Crippen molar-refractivity contribution in [1.82, 2.24) is 15.0 Å². The summed E-state index contributed by atoms with van der Waals surface area (Å²) in [6, 6.07) is 2.01. The Morgan fingerprint density at radius 2 is 2.17 bits per heavy atom. The molecular weight excluding hydrogens is 334 g/mol. The summed E-state index contributed by atoms with van der Waals surface area (Å²) in [7, 11) is 0. The van der Waals surface area contributed by atoms with Gasteiger partial charge in [0.25, 0.3) is 0 Å². The van der Waals surface area contributed by atoms with E-state index in [1.54, 1.807) is 0 Å². The van der Waals surface area contributed by atoms with Gasteiger partial charge in [-0.05, 0) is 19.8 Å². The number of carbonyl (C=O) groups excluding carboxylic acids is 1. The third-order valence-corrected chi connectivity index (χ3v) is 4.93. The topological polar surface area (TPSA) is 82.8 Å². The third kappa shape index (κ3) is 3.19. The van der Waals surface area contributed by atoms with Gasteiger partial charge in [-0.1, -0.05) is 11.6 Å². The van der Waals surface area contributed by atoms with E-state index < -0.39 is 11.7 Å².